The number of fused-ring (bicyclic) bond motifs is 1. The Kier molecular flexibility index (Phi) is 1.26. The molecule has 0 radical (unpaired) electrons. The van der Waals surface area contributed by atoms with E-state index in [-0.39, 0.29) is 0 Å². The summed E-state index contributed by atoms with van der Waals surface area (Å²) in [6, 6.07) is 5.48. The Labute approximate surface area is 68.3 Å². The van der Waals surface area contributed by atoms with Gasteiger partial charge in [-0.3, -0.25) is 0 Å². The lowest BCUT2D eigenvalue weighted by molar-refractivity contribution is 0.863. The van der Waals surface area contributed by atoms with Crippen LogP contribution in [0.4, 0.5) is 0 Å². The Balaban J connectivity index is 2.87. The molecule has 0 bridgehead atoms. The molecule has 0 unspecified atom stereocenters. The molecule has 56 valence electrons. The minimum atomic E-state index is 0.671. The van der Waals surface area contributed by atoms with Crippen molar-refractivity contribution in [2.24, 2.45) is 0 Å². The van der Waals surface area contributed by atoms with Gasteiger partial charge in [-0.15, -0.1) is 0 Å². The van der Waals surface area contributed by atoms with E-state index < -0.39 is 0 Å². The number of rotatable bonds is 0. The van der Waals surface area contributed by atoms with Gasteiger partial charge in [0.25, 0.3) is 0 Å². The molecule has 0 saturated heterocycles. The van der Waals surface area contributed by atoms with Gasteiger partial charge in [0.1, 0.15) is 0 Å². The standard InChI is InChI=1S/C7H6ClN3/c8-6-2-1-5-4-10-11(9)7(5)3-6/h1-4H,9H2. The molecule has 0 spiro atoms. The molecule has 0 fully saturated rings. The molecule has 0 aliphatic rings. The van der Waals surface area contributed by atoms with Gasteiger partial charge in [-0.25, -0.2) is 0 Å². The molecule has 1 aromatic heterocycles. The van der Waals surface area contributed by atoms with Crippen molar-refractivity contribution >= 4 is 22.5 Å². The van der Waals surface area contributed by atoms with Crippen LogP contribution in [0.1, 0.15) is 0 Å². The first-order chi connectivity index (χ1) is 5.27. The van der Waals surface area contributed by atoms with Crippen LogP contribution in [0, 0.1) is 0 Å². The van der Waals surface area contributed by atoms with E-state index in [0.29, 0.717) is 5.02 Å². The third-order valence-corrected chi connectivity index (χ3v) is 1.80. The summed E-state index contributed by atoms with van der Waals surface area (Å²) in [6.07, 6.45) is 1.70. The van der Waals surface area contributed by atoms with Crippen LogP contribution < -0.4 is 5.84 Å². The molecular formula is C7H6ClN3. The molecule has 0 amide bonds. The van der Waals surface area contributed by atoms with E-state index in [9.17, 15) is 0 Å². The van der Waals surface area contributed by atoms with E-state index >= 15 is 0 Å². The molecule has 2 aromatic rings. The van der Waals surface area contributed by atoms with E-state index in [0.717, 1.165) is 10.9 Å². The van der Waals surface area contributed by atoms with E-state index in [4.69, 9.17) is 17.4 Å². The predicted molar refractivity (Wildman–Crippen MR) is 44.9 cm³/mol. The zero-order valence-electron chi connectivity index (χ0n) is 5.66. The second kappa shape index (κ2) is 2.13. The van der Waals surface area contributed by atoms with Crippen LogP contribution in [0.3, 0.4) is 0 Å². The topological polar surface area (TPSA) is 43.8 Å². The molecule has 2 N–H and O–H groups in total. The van der Waals surface area contributed by atoms with Gasteiger partial charge in [-0.1, -0.05) is 11.6 Å². The molecule has 1 heterocycles. The van der Waals surface area contributed by atoms with Crippen molar-refractivity contribution in [1.29, 1.82) is 0 Å². The van der Waals surface area contributed by atoms with Crippen molar-refractivity contribution in [3.05, 3.63) is 29.4 Å². The SMILES string of the molecule is Nn1ncc2ccc(Cl)cc21. The summed E-state index contributed by atoms with van der Waals surface area (Å²) in [5.41, 5.74) is 0.845. The van der Waals surface area contributed by atoms with Crippen LogP contribution in [-0.2, 0) is 0 Å². The number of halogens is 1. The lowest BCUT2D eigenvalue weighted by Crippen LogP contribution is -2.08. The summed E-state index contributed by atoms with van der Waals surface area (Å²) < 4.78 is 0. The first-order valence-electron chi connectivity index (χ1n) is 3.16. The van der Waals surface area contributed by atoms with Crippen LogP contribution >= 0.6 is 11.6 Å². The predicted octanol–water partition coefficient (Wildman–Crippen LogP) is 1.40. The zero-order valence-corrected chi connectivity index (χ0v) is 6.42. The fourth-order valence-electron chi connectivity index (χ4n) is 1.01. The van der Waals surface area contributed by atoms with E-state index in [1.165, 1.54) is 4.79 Å². The smallest absolute Gasteiger partial charge is 0.0930 e. The molecule has 2 rings (SSSR count). The lowest BCUT2D eigenvalue weighted by atomic mass is 10.3. The molecule has 1 aromatic carbocycles. The Bertz CT molecular complexity index is 393. The Morgan fingerprint density at radius 2 is 2.27 bits per heavy atom. The van der Waals surface area contributed by atoms with Crippen LogP contribution in [0.25, 0.3) is 10.9 Å². The summed E-state index contributed by atoms with van der Waals surface area (Å²) in [7, 11) is 0. The van der Waals surface area contributed by atoms with E-state index in [2.05, 4.69) is 5.10 Å². The molecule has 0 aliphatic heterocycles. The summed E-state index contributed by atoms with van der Waals surface area (Å²) in [4.78, 5) is 1.31. The quantitative estimate of drug-likeness (QED) is 0.603. The van der Waals surface area contributed by atoms with Crippen molar-refractivity contribution < 1.29 is 0 Å². The minimum absolute atomic E-state index is 0.671. The third kappa shape index (κ3) is 0.935. The first kappa shape index (κ1) is 6.49. The number of hydrogen-bond donors (Lipinski definition) is 1. The fraction of sp³-hybridized carbons (Fsp3) is 0. The number of aromatic nitrogens is 2. The highest BCUT2D eigenvalue weighted by Crippen LogP contribution is 2.16. The normalized spacial score (nSPS) is 10.6. The Morgan fingerprint density at radius 1 is 1.45 bits per heavy atom. The number of nitrogens with two attached hydrogens (primary N) is 1. The van der Waals surface area contributed by atoms with Crippen LogP contribution in [0.15, 0.2) is 24.4 Å². The van der Waals surface area contributed by atoms with Crippen LogP contribution in [0.5, 0.6) is 0 Å². The largest absolute Gasteiger partial charge is 0.323 e. The average Bonchev–Trinajstić information content (AvgIpc) is 2.33. The van der Waals surface area contributed by atoms with Crippen molar-refractivity contribution in [3.63, 3.8) is 0 Å². The van der Waals surface area contributed by atoms with Gasteiger partial charge in [0.15, 0.2) is 0 Å². The summed E-state index contributed by atoms with van der Waals surface area (Å²) in [5, 5.41) is 5.54. The number of nitrogen functional groups attached to an aromatic ring is 1. The zero-order chi connectivity index (χ0) is 7.84. The molecule has 0 saturated carbocycles. The van der Waals surface area contributed by atoms with Gasteiger partial charge in [0, 0.05) is 10.4 Å². The van der Waals surface area contributed by atoms with Crippen molar-refractivity contribution in [3.8, 4) is 0 Å². The van der Waals surface area contributed by atoms with Gasteiger partial charge in [0.05, 0.1) is 11.7 Å². The van der Waals surface area contributed by atoms with Crippen LogP contribution in [0.2, 0.25) is 5.02 Å². The van der Waals surface area contributed by atoms with Gasteiger partial charge in [-0.2, -0.15) is 9.89 Å². The minimum Gasteiger partial charge on any atom is -0.323 e. The molecule has 11 heavy (non-hydrogen) atoms. The summed E-state index contributed by atoms with van der Waals surface area (Å²) in [5.74, 6) is 5.49. The maximum absolute atomic E-state index is 5.75. The van der Waals surface area contributed by atoms with Crippen molar-refractivity contribution in [1.82, 2.24) is 9.89 Å². The fourth-order valence-corrected chi connectivity index (χ4v) is 1.18. The number of benzene rings is 1. The Morgan fingerprint density at radius 3 is 3.09 bits per heavy atom. The van der Waals surface area contributed by atoms with Crippen molar-refractivity contribution in [2.75, 3.05) is 5.84 Å². The summed E-state index contributed by atoms with van der Waals surface area (Å²) in [6.45, 7) is 0. The van der Waals surface area contributed by atoms with Crippen molar-refractivity contribution in [2.45, 2.75) is 0 Å². The number of hydrogen-bond acceptors (Lipinski definition) is 2. The average molecular weight is 168 g/mol. The molecule has 0 aliphatic carbocycles. The highest BCUT2D eigenvalue weighted by atomic mass is 35.5. The molecular weight excluding hydrogens is 162 g/mol. The van der Waals surface area contributed by atoms with E-state index in [1.807, 2.05) is 12.1 Å². The van der Waals surface area contributed by atoms with Gasteiger partial charge in [-0.05, 0) is 18.2 Å². The maximum Gasteiger partial charge on any atom is 0.0930 e. The number of nitrogens with zero attached hydrogens (tertiary/aromatic N) is 2. The molecule has 3 nitrogen and oxygen atoms in total. The monoisotopic (exact) mass is 167 g/mol. The van der Waals surface area contributed by atoms with Gasteiger partial charge >= 0.3 is 0 Å². The van der Waals surface area contributed by atoms with Gasteiger partial charge in [0.2, 0.25) is 0 Å². The second-order valence-corrected chi connectivity index (χ2v) is 2.73. The lowest BCUT2D eigenvalue weighted by Gasteiger charge is -1.93. The van der Waals surface area contributed by atoms with Gasteiger partial charge < -0.3 is 5.84 Å². The summed E-state index contributed by atoms with van der Waals surface area (Å²) >= 11 is 5.75. The Hall–Kier alpha value is -1.22. The molecule has 0 atom stereocenters. The second-order valence-electron chi connectivity index (χ2n) is 2.29. The van der Waals surface area contributed by atoms with E-state index in [1.54, 1.807) is 12.3 Å². The molecule has 4 heteroatoms. The third-order valence-electron chi connectivity index (χ3n) is 1.56. The highest BCUT2D eigenvalue weighted by Gasteiger charge is 1.98. The highest BCUT2D eigenvalue weighted by molar-refractivity contribution is 6.31. The van der Waals surface area contributed by atoms with Crippen LogP contribution in [-0.4, -0.2) is 9.89 Å². The first-order valence-corrected chi connectivity index (χ1v) is 3.53. The maximum atomic E-state index is 5.75.